The molecule has 0 spiro atoms. The van der Waals surface area contributed by atoms with Crippen molar-refractivity contribution in [3.63, 3.8) is 0 Å². The van der Waals surface area contributed by atoms with Crippen LogP contribution in [-0.2, 0) is 4.79 Å². The predicted molar refractivity (Wildman–Crippen MR) is 88.7 cm³/mol. The lowest BCUT2D eigenvalue weighted by molar-refractivity contribution is -0.111. The molecule has 112 valence electrons. The van der Waals surface area contributed by atoms with Crippen LogP contribution in [0.15, 0.2) is 54.6 Å². The van der Waals surface area contributed by atoms with Crippen LogP contribution in [0.2, 0.25) is 0 Å². The lowest BCUT2D eigenvalue weighted by Gasteiger charge is -2.05. The van der Waals surface area contributed by atoms with Crippen LogP contribution in [0.3, 0.4) is 0 Å². The van der Waals surface area contributed by atoms with Crippen molar-refractivity contribution in [2.24, 2.45) is 0 Å². The van der Waals surface area contributed by atoms with Crippen LogP contribution in [0.25, 0.3) is 6.08 Å². The summed E-state index contributed by atoms with van der Waals surface area (Å²) in [5, 5.41) is 5.28. The van der Waals surface area contributed by atoms with Crippen LogP contribution >= 0.6 is 0 Å². The average Bonchev–Trinajstić information content (AvgIpc) is 2.54. The average molecular weight is 294 g/mol. The van der Waals surface area contributed by atoms with E-state index in [4.69, 9.17) is 0 Å². The van der Waals surface area contributed by atoms with Crippen molar-refractivity contribution in [1.82, 2.24) is 5.32 Å². The number of hydrogen-bond donors (Lipinski definition) is 2. The fourth-order valence-electron chi connectivity index (χ4n) is 1.92. The number of rotatable bonds is 4. The summed E-state index contributed by atoms with van der Waals surface area (Å²) in [6.07, 6.45) is 3.22. The summed E-state index contributed by atoms with van der Waals surface area (Å²) in [7, 11) is 1.57. The molecule has 2 aromatic carbocycles. The zero-order chi connectivity index (χ0) is 15.9. The number of aryl methyl sites for hydroxylation is 1. The third kappa shape index (κ3) is 4.31. The smallest absolute Gasteiger partial charge is 0.251 e. The van der Waals surface area contributed by atoms with Gasteiger partial charge >= 0.3 is 0 Å². The lowest BCUT2D eigenvalue weighted by atomic mass is 10.1. The molecular formula is C18H18N2O2. The zero-order valence-electron chi connectivity index (χ0n) is 12.6. The zero-order valence-corrected chi connectivity index (χ0v) is 12.6. The Kier molecular flexibility index (Phi) is 5.09. The van der Waals surface area contributed by atoms with Crippen LogP contribution in [0.5, 0.6) is 0 Å². The summed E-state index contributed by atoms with van der Waals surface area (Å²) in [4.78, 5) is 23.5. The van der Waals surface area contributed by atoms with E-state index in [1.165, 1.54) is 11.6 Å². The molecule has 0 aliphatic heterocycles. The van der Waals surface area contributed by atoms with E-state index in [9.17, 15) is 9.59 Å². The van der Waals surface area contributed by atoms with Gasteiger partial charge in [0.2, 0.25) is 5.91 Å². The van der Waals surface area contributed by atoms with Crippen molar-refractivity contribution >= 4 is 23.6 Å². The highest BCUT2D eigenvalue weighted by atomic mass is 16.2. The summed E-state index contributed by atoms with van der Waals surface area (Å²) in [5.41, 5.74) is 3.22. The molecule has 0 atom stereocenters. The maximum Gasteiger partial charge on any atom is 0.251 e. The maximum absolute atomic E-state index is 11.9. The molecule has 2 amide bonds. The lowest BCUT2D eigenvalue weighted by Crippen LogP contribution is -2.18. The van der Waals surface area contributed by atoms with Gasteiger partial charge in [-0.15, -0.1) is 0 Å². The fourth-order valence-corrected chi connectivity index (χ4v) is 1.92. The number of nitrogens with one attached hydrogen (secondary N) is 2. The van der Waals surface area contributed by atoms with Crippen molar-refractivity contribution < 1.29 is 9.59 Å². The number of anilines is 1. The third-order valence-electron chi connectivity index (χ3n) is 3.12. The molecule has 0 saturated carbocycles. The van der Waals surface area contributed by atoms with Crippen LogP contribution in [0.1, 0.15) is 21.5 Å². The van der Waals surface area contributed by atoms with Gasteiger partial charge in [0.05, 0.1) is 0 Å². The number of carbonyl (C=O) groups excluding carboxylic acids is 2. The van der Waals surface area contributed by atoms with E-state index in [0.29, 0.717) is 11.3 Å². The van der Waals surface area contributed by atoms with E-state index in [1.54, 1.807) is 37.4 Å². The molecule has 4 nitrogen and oxygen atoms in total. The van der Waals surface area contributed by atoms with Gasteiger partial charge in [-0.3, -0.25) is 9.59 Å². The number of hydrogen-bond acceptors (Lipinski definition) is 2. The van der Waals surface area contributed by atoms with Crippen LogP contribution in [-0.4, -0.2) is 18.9 Å². The van der Waals surface area contributed by atoms with Crippen LogP contribution < -0.4 is 10.6 Å². The summed E-state index contributed by atoms with van der Waals surface area (Å²) >= 11 is 0. The van der Waals surface area contributed by atoms with Gasteiger partial charge in [0.25, 0.3) is 5.91 Å². The Balaban J connectivity index is 2.02. The topological polar surface area (TPSA) is 58.2 Å². The SMILES string of the molecule is CNC(=O)c1cccc(NC(=O)/C=C/c2ccc(C)cc2)c1. The van der Waals surface area contributed by atoms with Gasteiger partial charge in [-0.05, 0) is 36.8 Å². The molecule has 4 heteroatoms. The second kappa shape index (κ2) is 7.22. The minimum absolute atomic E-state index is 0.189. The maximum atomic E-state index is 11.9. The van der Waals surface area contributed by atoms with Gasteiger partial charge in [0.1, 0.15) is 0 Å². The van der Waals surface area contributed by atoms with Crippen LogP contribution in [0.4, 0.5) is 5.69 Å². The van der Waals surface area contributed by atoms with Gasteiger partial charge in [-0.2, -0.15) is 0 Å². The Bertz CT molecular complexity index is 703. The first-order valence-corrected chi connectivity index (χ1v) is 6.96. The second-order valence-corrected chi connectivity index (χ2v) is 4.89. The summed E-state index contributed by atoms with van der Waals surface area (Å²) in [5.74, 6) is -0.430. The second-order valence-electron chi connectivity index (χ2n) is 4.89. The monoisotopic (exact) mass is 294 g/mol. The van der Waals surface area contributed by atoms with Crippen molar-refractivity contribution in [2.75, 3.05) is 12.4 Å². The highest BCUT2D eigenvalue weighted by molar-refractivity contribution is 6.03. The minimum Gasteiger partial charge on any atom is -0.355 e. The molecule has 0 fully saturated rings. The normalized spacial score (nSPS) is 10.5. The van der Waals surface area contributed by atoms with Crippen molar-refractivity contribution in [3.8, 4) is 0 Å². The molecule has 2 N–H and O–H groups in total. The van der Waals surface area contributed by atoms with Gasteiger partial charge in [0.15, 0.2) is 0 Å². The molecule has 0 unspecified atom stereocenters. The molecule has 0 bridgehead atoms. The summed E-state index contributed by atoms with van der Waals surface area (Å²) < 4.78 is 0. The molecule has 0 aliphatic rings. The van der Waals surface area contributed by atoms with Gasteiger partial charge in [0, 0.05) is 24.4 Å². The number of carbonyl (C=O) groups is 2. The Morgan fingerprint density at radius 2 is 1.77 bits per heavy atom. The standard InChI is InChI=1S/C18H18N2O2/c1-13-6-8-14(9-7-13)10-11-17(21)20-16-5-3-4-15(12-16)18(22)19-2/h3-12H,1-2H3,(H,19,22)(H,20,21)/b11-10+. The Labute approximate surface area is 129 Å². The van der Waals surface area contributed by atoms with Crippen molar-refractivity contribution in [2.45, 2.75) is 6.92 Å². The fraction of sp³-hybridized carbons (Fsp3) is 0.111. The van der Waals surface area contributed by atoms with Gasteiger partial charge < -0.3 is 10.6 Å². The third-order valence-corrected chi connectivity index (χ3v) is 3.12. The molecule has 0 aromatic heterocycles. The Morgan fingerprint density at radius 3 is 2.45 bits per heavy atom. The molecule has 0 radical (unpaired) electrons. The summed E-state index contributed by atoms with van der Waals surface area (Å²) in [6.45, 7) is 2.01. The molecule has 0 saturated heterocycles. The van der Waals surface area contributed by atoms with E-state index in [-0.39, 0.29) is 11.8 Å². The van der Waals surface area contributed by atoms with Crippen molar-refractivity contribution in [3.05, 3.63) is 71.3 Å². The van der Waals surface area contributed by atoms with Gasteiger partial charge in [-0.25, -0.2) is 0 Å². The highest BCUT2D eigenvalue weighted by Gasteiger charge is 2.04. The predicted octanol–water partition coefficient (Wildman–Crippen LogP) is 3.01. The first-order valence-electron chi connectivity index (χ1n) is 6.96. The quantitative estimate of drug-likeness (QED) is 0.852. The van der Waals surface area contributed by atoms with E-state index in [0.717, 1.165) is 5.56 Å². The molecule has 0 heterocycles. The Hall–Kier alpha value is -2.88. The molecular weight excluding hydrogens is 276 g/mol. The number of benzene rings is 2. The van der Waals surface area contributed by atoms with Crippen LogP contribution in [0, 0.1) is 6.92 Å². The van der Waals surface area contributed by atoms with E-state index >= 15 is 0 Å². The van der Waals surface area contributed by atoms with Gasteiger partial charge in [-0.1, -0.05) is 35.9 Å². The minimum atomic E-state index is -0.241. The van der Waals surface area contributed by atoms with E-state index in [2.05, 4.69) is 10.6 Å². The number of amides is 2. The Morgan fingerprint density at radius 1 is 1.05 bits per heavy atom. The largest absolute Gasteiger partial charge is 0.355 e. The van der Waals surface area contributed by atoms with E-state index in [1.807, 2.05) is 31.2 Å². The highest BCUT2D eigenvalue weighted by Crippen LogP contribution is 2.11. The molecule has 22 heavy (non-hydrogen) atoms. The van der Waals surface area contributed by atoms with Crippen molar-refractivity contribution in [1.29, 1.82) is 0 Å². The first kappa shape index (κ1) is 15.5. The first-order chi connectivity index (χ1) is 10.6. The molecule has 2 aromatic rings. The molecule has 2 rings (SSSR count). The van der Waals surface area contributed by atoms with E-state index < -0.39 is 0 Å². The summed E-state index contributed by atoms with van der Waals surface area (Å²) in [6, 6.07) is 14.7. The molecule has 0 aliphatic carbocycles.